The number of rotatable bonds is 7. The Bertz CT molecular complexity index is 1290. The zero-order valence-corrected chi connectivity index (χ0v) is 19.8. The van der Waals surface area contributed by atoms with Gasteiger partial charge in [0.15, 0.2) is 11.5 Å². The minimum Gasteiger partial charge on any atom is -0.440 e. The third-order valence-corrected chi connectivity index (χ3v) is 7.89. The number of amides is 1. The molecular formula is C25H28N4O4S. The fourth-order valence-electron chi connectivity index (χ4n) is 4.61. The van der Waals surface area contributed by atoms with Crippen molar-refractivity contribution in [2.45, 2.75) is 49.3 Å². The molecule has 2 aromatic carbocycles. The minimum absolute atomic E-state index is 0.194. The van der Waals surface area contributed by atoms with E-state index in [4.69, 9.17) is 4.42 Å². The van der Waals surface area contributed by atoms with Crippen LogP contribution in [0.3, 0.4) is 0 Å². The van der Waals surface area contributed by atoms with Crippen LogP contribution in [0.15, 0.2) is 62.8 Å². The number of para-hydroxylation sites is 2. The molecule has 1 N–H and O–H groups in total. The predicted molar refractivity (Wildman–Crippen MR) is 129 cm³/mol. The van der Waals surface area contributed by atoms with Gasteiger partial charge in [-0.05, 0) is 49.9 Å². The number of carbonyl (C=O) groups excluding carboxylic acids is 1. The van der Waals surface area contributed by atoms with Gasteiger partial charge in [-0.3, -0.25) is 14.5 Å². The van der Waals surface area contributed by atoms with Gasteiger partial charge in [-0.2, -0.15) is 0 Å². The number of carbonyl (C=O) groups is 1. The van der Waals surface area contributed by atoms with Crippen LogP contribution in [0.25, 0.3) is 11.1 Å². The van der Waals surface area contributed by atoms with Crippen LogP contribution >= 0.6 is 0 Å². The molecule has 8 nitrogen and oxygen atoms in total. The van der Waals surface area contributed by atoms with E-state index in [0.717, 1.165) is 62.2 Å². The Kier molecular flexibility index (Phi) is 6.36. The van der Waals surface area contributed by atoms with Crippen LogP contribution in [0.4, 0.5) is 0 Å². The number of hydrogen-bond donors (Lipinski definition) is 1. The Balaban J connectivity index is 1.03. The summed E-state index contributed by atoms with van der Waals surface area (Å²) in [4.78, 5) is 23.9. The smallest absolute Gasteiger partial charge is 0.263 e. The molecular weight excluding hydrogens is 452 g/mol. The van der Waals surface area contributed by atoms with E-state index in [9.17, 15) is 13.2 Å². The van der Waals surface area contributed by atoms with Crippen LogP contribution in [0.2, 0.25) is 0 Å². The lowest BCUT2D eigenvalue weighted by atomic mass is 9.96. The number of fused-ring (bicyclic) bond motifs is 2. The van der Waals surface area contributed by atoms with E-state index in [0.29, 0.717) is 24.4 Å². The maximum atomic E-state index is 12.6. The summed E-state index contributed by atoms with van der Waals surface area (Å²) in [6, 6.07) is 14.6. The lowest BCUT2D eigenvalue weighted by molar-refractivity contribution is -0.132. The maximum absolute atomic E-state index is 12.6. The highest BCUT2D eigenvalue weighted by Gasteiger charge is 2.30. The lowest BCUT2D eigenvalue weighted by Crippen LogP contribution is -2.37. The number of unbranched alkanes of at least 4 members (excludes halogenated alkanes) is 2. The second-order valence-electron chi connectivity index (χ2n) is 8.82. The Morgan fingerprint density at radius 1 is 1.06 bits per heavy atom. The summed E-state index contributed by atoms with van der Waals surface area (Å²) in [6.07, 6.45) is 4.74. The minimum atomic E-state index is -3.50. The van der Waals surface area contributed by atoms with Crippen molar-refractivity contribution in [2.24, 2.45) is 4.99 Å². The highest BCUT2D eigenvalue weighted by Crippen LogP contribution is 2.30. The zero-order chi connectivity index (χ0) is 23.5. The molecule has 0 saturated carbocycles. The molecule has 3 heterocycles. The molecule has 0 bridgehead atoms. The number of nitrogens with zero attached hydrogens (tertiary/aromatic N) is 3. The number of amidine groups is 1. The highest BCUT2D eigenvalue weighted by molar-refractivity contribution is 7.90. The van der Waals surface area contributed by atoms with Crippen LogP contribution in [0, 0.1) is 0 Å². The Morgan fingerprint density at radius 2 is 1.82 bits per heavy atom. The van der Waals surface area contributed by atoms with Crippen LogP contribution < -0.4 is 4.72 Å². The van der Waals surface area contributed by atoms with Gasteiger partial charge in [-0.25, -0.2) is 13.4 Å². The lowest BCUT2D eigenvalue weighted by Gasteiger charge is -2.30. The Hall–Kier alpha value is -3.20. The third-order valence-electron chi connectivity index (χ3n) is 6.49. The second-order valence-corrected chi connectivity index (χ2v) is 10.5. The normalized spacial score (nSPS) is 18.8. The molecule has 1 amide bonds. The van der Waals surface area contributed by atoms with Crippen molar-refractivity contribution in [3.8, 4) is 0 Å². The number of oxazole rings is 1. The summed E-state index contributed by atoms with van der Waals surface area (Å²) in [5.74, 6) is 1.64. The number of aromatic nitrogens is 1. The number of sulfonamides is 1. The summed E-state index contributed by atoms with van der Waals surface area (Å²) >= 11 is 0. The summed E-state index contributed by atoms with van der Waals surface area (Å²) < 4.78 is 32.7. The van der Waals surface area contributed by atoms with Crippen molar-refractivity contribution >= 4 is 32.9 Å². The fourth-order valence-corrected chi connectivity index (χ4v) is 5.86. The van der Waals surface area contributed by atoms with E-state index >= 15 is 0 Å². The quantitative estimate of drug-likeness (QED) is 0.518. The number of hydrogen-bond acceptors (Lipinski definition) is 6. The summed E-state index contributed by atoms with van der Waals surface area (Å²) in [6.45, 7) is 1.99. The summed E-state index contributed by atoms with van der Waals surface area (Å²) in [5.41, 5.74) is 2.32. The van der Waals surface area contributed by atoms with Crippen molar-refractivity contribution in [1.82, 2.24) is 14.6 Å². The van der Waals surface area contributed by atoms with Gasteiger partial charge in [-0.15, -0.1) is 0 Å². The molecule has 3 aromatic rings. The van der Waals surface area contributed by atoms with Gasteiger partial charge in [0.05, 0.1) is 4.90 Å². The molecule has 34 heavy (non-hydrogen) atoms. The first-order valence-corrected chi connectivity index (χ1v) is 13.3. The molecule has 0 radical (unpaired) electrons. The van der Waals surface area contributed by atoms with Crippen molar-refractivity contribution in [3.05, 3.63) is 60.0 Å². The molecule has 2 aliphatic heterocycles. The van der Waals surface area contributed by atoms with E-state index in [2.05, 4.69) is 14.7 Å². The molecule has 1 saturated heterocycles. The molecule has 1 aromatic heterocycles. The van der Waals surface area contributed by atoms with Crippen molar-refractivity contribution in [3.63, 3.8) is 0 Å². The van der Waals surface area contributed by atoms with Crippen molar-refractivity contribution in [2.75, 3.05) is 19.6 Å². The van der Waals surface area contributed by atoms with Gasteiger partial charge in [-0.1, -0.05) is 30.7 Å². The van der Waals surface area contributed by atoms with E-state index in [1.54, 1.807) is 24.3 Å². The van der Waals surface area contributed by atoms with Crippen molar-refractivity contribution in [1.29, 1.82) is 0 Å². The van der Waals surface area contributed by atoms with E-state index in [1.807, 2.05) is 29.2 Å². The number of benzene rings is 2. The largest absolute Gasteiger partial charge is 0.440 e. The molecule has 0 aliphatic carbocycles. The first-order valence-electron chi connectivity index (χ1n) is 11.8. The van der Waals surface area contributed by atoms with Gasteiger partial charge in [0.25, 0.3) is 10.0 Å². The van der Waals surface area contributed by atoms with E-state index < -0.39 is 10.0 Å². The molecule has 9 heteroatoms. The molecule has 1 fully saturated rings. The first kappa shape index (κ1) is 22.6. The first-order chi connectivity index (χ1) is 16.5. The van der Waals surface area contributed by atoms with Crippen LogP contribution in [-0.4, -0.2) is 49.7 Å². The molecule has 2 aliphatic rings. The Labute approximate surface area is 199 Å². The number of piperidine rings is 1. The molecule has 5 rings (SSSR count). The summed E-state index contributed by atoms with van der Waals surface area (Å²) in [7, 11) is -3.50. The van der Waals surface area contributed by atoms with E-state index in [1.165, 1.54) is 0 Å². The van der Waals surface area contributed by atoms with Crippen LogP contribution in [0.5, 0.6) is 0 Å². The molecule has 0 spiro atoms. The Morgan fingerprint density at radius 3 is 2.65 bits per heavy atom. The van der Waals surface area contributed by atoms with E-state index in [-0.39, 0.29) is 16.7 Å². The van der Waals surface area contributed by atoms with Gasteiger partial charge in [0, 0.05) is 37.5 Å². The number of nitrogens with one attached hydrogen (secondary N) is 1. The number of aliphatic imine (C=N–C) groups is 1. The van der Waals surface area contributed by atoms with Gasteiger partial charge < -0.3 is 9.32 Å². The zero-order valence-electron chi connectivity index (χ0n) is 18.9. The predicted octanol–water partition coefficient (Wildman–Crippen LogP) is 3.83. The second kappa shape index (κ2) is 9.58. The molecule has 0 atom stereocenters. The van der Waals surface area contributed by atoms with Gasteiger partial charge in [0.1, 0.15) is 11.4 Å². The monoisotopic (exact) mass is 480 g/mol. The standard InChI is InChI=1S/C25H28N4O4S/c30-23(29-16-13-18(14-17-29)25-27-20-9-4-5-10-21(20)33-25)12-2-1-7-15-26-24-19-8-3-6-11-22(19)34(31,32)28-24/h3-6,8-11,18H,1-2,7,12-17H2,(H,26,28). The van der Waals surface area contributed by atoms with Gasteiger partial charge in [0.2, 0.25) is 5.91 Å². The van der Waals surface area contributed by atoms with Gasteiger partial charge >= 0.3 is 0 Å². The van der Waals surface area contributed by atoms with Crippen LogP contribution in [-0.2, 0) is 14.8 Å². The average molecular weight is 481 g/mol. The fraction of sp³-hybridized carbons (Fsp3) is 0.400. The topological polar surface area (TPSA) is 105 Å². The summed E-state index contributed by atoms with van der Waals surface area (Å²) in [5, 5.41) is 0. The SMILES string of the molecule is O=C(CCCCCN=C1NS(=O)(=O)c2ccccc21)N1CCC(c2nc3ccccc3o2)CC1. The van der Waals surface area contributed by atoms with Crippen LogP contribution in [0.1, 0.15) is 55.9 Å². The molecule has 178 valence electrons. The average Bonchev–Trinajstić information content (AvgIpc) is 3.40. The van der Waals surface area contributed by atoms with Crippen molar-refractivity contribution < 1.29 is 17.6 Å². The maximum Gasteiger partial charge on any atom is 0.263 e. The highest BCUT2D eigenvalue weighted by atomic mass is 32.2. The number of likely N-dealkylation sites (tertiary alicyclic amines) is 1. The third kappa shape index (κ3) is 4.70. The molecule has 0 unspecified atom stereocenters.